The fraction of sp³-hybridized carbons (Fsp3) is 0. The van der Waals surface area contributed by atoms with Crippen LogP contribution in [0.25, 0.3) is 77.8 Å². The molecule has 9 aromatic carbocycles. The Labute approximate surface area is 466 Å². The lowest BCUT2D eigenvalue weighted by Crippen LogP contribution is -2.52. The molecule has 16 nitrogen and oxygen atoms in total. The molecule has 0 aliphatic rings. The smallest absolute Gasteiger partial charge is 0.269 e. The van der Waals surface area contributed by atoms with Gasteiger partial charge in [0, 0.05) is 81.3 Å². The third-order valence-corrected chi connectivity index (χ3v) is 15.2. The maximum absolute atomic E-state index is 11.9. The van der Waals surface area contributed by atoms with Crippen molar-refractivity contribution in [1.29, 1.82) is 0 Å². The standard InChI is InChI=1S/C64H40B2N8O8/c75-71(76)48-28-19-42(20-29-48)65(43-21-30-49(31-22-43)72(77)78)46-11-6-12-52(39-46)69-58-17-5-4-13-53(58)63-60(69)37-38-61-64(63)54-40-47(66(44-23-32-50(33-24-44)73(79)80)45-25-34-51(35-26-45)74(81)82)27-36-59(54)70(61)62-18-8-16-57(68-62)56-15-7-14-55(67-56)41-9-2-1-3-10-41/h1-40H. The van der Waals surface area contributed by atoms with E-state index < -0.39 is 33.1 Å². The average molecular weight is 1070 g/mol. The van der Waals surface area contributed by atoms with Gasteiger partial charge >= 0.3 is 0 Å². The molecule has 0 aliphatic heterocycles. The first kappa shape index (κ1) is 50.1. The molecule has 0 aliphatic carbocycles. The number of non-ortho nitro benzene ring substituents is 4. The lowest BCUT2D eigenvalue weighted by molar-refractivity contribution is -0.385. The number of pyridine rings is 2. The molecule has 390 valence electrons. The summed E-state index contributed by atoms with van der Waals surface area (Å²) in [5.74, 6) is 0.638. The van der Waals surface area contributed by atoms with Crippen molar-refractivity contribution in [3.05, 3.63) is 283 Å². The van der Waals surface area contributed by atoms with Crippen LogP contribution in [0.5, 0.6) is 0 Å². The zero-order valence-corrected chi connectivity index (χ0v) is 43.1. The van der Waals surface area contributed by atoms with E-state index in [-0.39, 0.29) is 22.7 Å². The predicted octanol–water partition coefficient (Wildman–Crippen LogP) is 10.7. The van der Waals surface area contributed by atoms with Crippen LogP contribution in [0.4, 0.5) is 22.7 Å². The second-order valence-corrected chi connectivity index (χ2v) is 19.8. The Bertz CT molecular complexity index is 4600. The van der Waals surface area contributed by atoms with Crippen molar-refractivity contribution in [3.63, 3.8) is 0 Å². The predicted molar refractivity (Wildman–Crippen MR) is 323 cm³/mol. The van der Waals surface area contributed by atoms with Crippen molar-refractivity contribution in [2.45, 2.75) is 0 Å². The number of nitro groups is 4. The zero-order valence-electron chi connectivity index (χ0n) is 43.1. The first-order valence-electron chi connectivity index (χ1n) is 26.1. The fourth-order valence-electron chi connectivity index (χ4n) is 11.5. The highest BCUT2D eigenvalue weighted by Gasteiger charge is 2.29. The van der Waals surface area contributed by atoms with E-state index in [1.54, 1.807) is 48.5 Å². The summed E-state index contributed by atoms with van der Waals surface area (Å²) in [7, 11) is 0. The van der Waals surface area contributed by atoms with E-state index in [9.17, 15) is 40.5 Å². The van der Waals surface area contributed by atoms with Crippen LogP contribution >= 0.6 is 0 Å². The number of rotatable bonds is 14. The van der Waals surface area contributed by atoms with Crippen LogP contribution < -0.4 is 32.8 Å². The van der Waals surface area contributed by atoms with E-state index in [0.29, 0.717) is 17.2 Å². The highest BCUT2D eigenvalue weighted by atomic mass is 16.6. The molecule has 0 saturated carbocycles. The molecule has 4 aromatic heterocycles. The minimum absolute atomic E-state index is 0.0626. The Morgan fingerprint density at radius 3 is 1.28 bits per heavy atom. The highest BCUT2D eigenvalue weighted by Crippen LogP contribution is 2.42. The second kappa shape index (κ2) is 20.4. The Morgan fingerprint density at radius 1 is 0.317 bits per heavy atom. The Hall–Kier alpha value is -11.4. The van der Waals surface area contributed by atoms with E-state index in [0.717, 1.165) is 93.3 Å². The van der Waals surface area contributed by atoms with E-state index in [1.165, 1.54) is 48.5 Å². The Kier molecular flexibility index (Phi) is 12.5. The van der Waals surface area contributed by atoms with Gasteiger partial charge in [0.15, 0.2) is 0 Å². The number of para-hydroxylation sites is 1. The van der Waals surface area contributed by atoms with Crippen molar-refractivity contribution < 1.29 is 19.7 Å². The molecule has 0 N–H and O–H groups in total. The van der Waals surface area contributed by atoms with Gasteiger partial charge in [-0.2, -0.15) is 0 Å². The van der Waals surface area contributed by atoms with Crippen molar-refractivity contribution in [1.82, 2.24) is 19.1 Å². The molecule has 0 bridgehead atoms. The van der Waals surface area contributed by atoms with Gasteiger partial charge in [-0.05, 0) is 60.7 Å². The molecule has 18 heteroatoms. The van der Waals surface area contributed by atoms with Gasteiger partial charge in [0.25, 0.3) is 22.7 Å². The third-order valence-electron chi connectivity index (χ3n) is 15.2. The summed E-state index contributed by atoms with van der Waals surface area (Å²) in [6.07, 6.45) is 0. The van der Waals surface area contributed by atoms with Crippen LogP contribution in [-0.2, 0) is 0 Å². The highest BCUT2D eigenvalue weighted by molar-refractivity contribution is 6.96. The van der Waals surface area contributed by atoms with Crippen molar-refractivity contribution >= 4 is 113 Å². The van der Waals surface area contributed by atoms with Crippen LogP contribution in [0.1, 0.15) is 0 Å². The summed E-state index contributed by atoms with van der Waals surface area (Å²) in [5, 5.41) is 51.0. The first-order valence-corrected chi connectivity index (χ1v) is 26.1. The number of benzene rings is 9. The third kappa shape index (κ3) is 8.91. The largest absolute Gasteiger partial charge is 0.309 e. The molecule has 0 spiro atoms. The molecule has 0 atom stereocenters. The topological polar surface area (TPSA) is 208 Å². The molecule has 0 fully saturated rings. The quantitative estimate of drug-likeness (QED) is 0.0571. The summed E-state index contributed by atoms with van der Waals surface area (Å²) < 4.78 is 4.36. The maximum atomic E-state index is 11.9. The van der Waals surface area contributed by atoms with E-state index in [4.69, 9.17) is 9.97 Å². The van der Waals surface area contributed by atoms with Gasteiger partial charge in [0.05, 0.1) is 58.8 Å². The van der Waals surface area contributed by atoms with Gasteiger partial charge in [-0.1, -0.05) is 166 Å². The molecule has 13 rings (SSSR count). The summed E-state index contributed by atoms with van der Waals surface area (Å²) in [4.78, 5) is 55.9. The van der Waals surface area contributed by atoms with Gasteiger partial charge in [0.2, 0.25) is 13.4 Å². The molecule has 4 heterocycles. The molecule has 0 amide bonds. The Balaban J connectivity index is 1.05. The zero-order chi connectivity index (χ0) is 56.2. The molecular weight excluding hydrogens is 1030 g/mol. The van der Waals surface area contributed by atoms with E-state index in [2.05, 4.69) is 51.6 Å². The van der Waals surface area contributed by atoms with Gasteiger partial charge < -0.3 is 4.57 Å². The van der Waals surface area contributed by atoms with Gasteiger partial charge in [0.1, 0.15) is 5.82 Å². The fourth-order valence-corrected chi connectivity index (χ4v) is 11.5. The van der Waals surface area contributed by atoms with Crippen LogP contribution in [0.15, 0.2) is 243 Å². The number of nitro benzene ring substituents is 4. The van der Waals surface area contributed by atoms with Gasteiger partial charge in [-0.3, -0.25) is 45.0 Å². The first-order chi connectivity index (χ1) is 40.0. The van der Waals surface area contributed by atoms with Crippen molar-refractivity contribution in [2.75, 3.05) is 0 Å². The summed E-state index contributed by atoms with van der Waals surface area (Å²) in [6.45, 7) is -0.993. The average Bonchev–Trinajstić information content (AvgIpc) is 2.92. The van der Waals surface area contributed by atoms with Crippen molar-refractivity contribution in [2.24, 2.45) is 0 Å². The molecule has 82 heavy (non-hydrogen) atoms. The molecule has 0 unspecified atom stereocenters. The number of aromatic nitrogens is 4. The van der Waals surface area contributed by atoms with Crippen LogP contribution in [0, 0.1) is 40.5 Å². The van der Waals surface area contributed by atoms with Gasteiger partial charge in [-0.25, -0.2) is 9.97 Å². The molecule has 13 aromatic rings. The summed E-state index contributed by atoms with van der Waals surface area (Å²) in [6, 6.07) is 73.9. The Morgan fingerprint density at radius 2 is 0.732 bits per heavy atom. The minimum Gasteiger partial charge on any atom is -0.309 e. The number of nitrogens with zero attached hydrogens (tertiary/aromatic N) is 8. The SMILES string of the molecule is O=[N+]([O-])c1ccc(B(c2ccc([N+](=O)[O-])cc2)c2cccc(-n3c4ccccc4c4c5c6cc(B(c7ccc([N+](=O)[O-])cc7)c7ccc([N+](=O)[O-])cc7)ccc6n(-c6cccc(-c7cccc(-c8ccccc8)n7)n6)c5ccc43)c2)cc1. The number of hydrogen-bond donors (Lipinski definition) is 0. The summed E-state index contributed by atoms with van der Waals surface area (Å²) >= 11 is 0. The maximum Gasteiger partial charge on any atom is 0.269 e. The van der Waals surface area contributed by atoms with E-state index in [1.807, 2.05) is 103 Å². The lowest BCUT2D eigenvalue weighted by Gasteiger charge is -2.17. The number of hydrogen-bond acceptors (Lipinski definition) is 10. The van der Waals surface area contributed by atoms with Crippen molar-refractivity contribution in [3.8, 4) is 34.2 Å². The number of fused-ring (bicyclic) bond motifs is 7. The second-order valence-electron chi connectivity index (χ2n) is 19.8. The van der Waals surface area contributed by atoms with Crippen LogP contribution in [0.2, 0.25) is 0 Å². The summed E-state index contributed by atoms with van der Waals surface area (Å²) in [5.41, 5.74) is 11.8. The molecule has 0 saturated heterocycles. The lowest BCUT2D eigenvalue weighted by atomic mass is 9.37. The van der Waals surface area contributed by atoms with Crippen LogP contribution in [-0.4, -0.2) is 52.2 Å². The minimum atomic E-state index is -0.517. The molecular formula is C64H40B2N8O8. The normalized spacial score (nSPS) is 11.3. The molecule has 0 radical (unpaired) electrons. The van der Waals surface area contributed by atoms with Crippen LogP contribution in [0.3, 0.4) is 0 Å². The van der Waals surface area contributed by atoms with E-state index >= 15 is 0 Å². The van der Waals surface area contributed by atoms with Gasteiger partial charge in [-0.15, -0.1) is 0 Å². The monoisotopic (exact) mass is 1070 g/mol.